The molecule has 5 rings (SSSR count). The van der Waals surface area contributed by atoms with E-state index in [0.717, 1.165) is 5.56 Å². The molecule has 2 aromatic heterocycles. The van der Waals surface area contributed by atoms with Gasteiger partial charge in [-0.3, -0.25) is 4.79 Å². The van der Waals surface area contributed by atoms with Gasteiger partial charge in [-0.2, -0.15) is 4.98 Å². The van der Waals surface area contributed by atoms with Crippen molar-refractivity contribution >= 4 is 22.8 Å². The van der Waals surface area contributed by atoms with Crippen molar-refractivity contribution in [1.82, 2.24) is 20.4 Å². The monoisotopic (exact) mass is 491 g/mol. The lowest BCUT2D eigenvalue weighted by Gasteiger charge is -2.32. The Kier molecular flexibility index (Phi) is 6.66. The molecule has 10 heteroatoms. The van der Waals surface area contributed by atoms with Crippen molar-refractivity contribution in [1.29, 1.82) is 0 Å². The summed E-state index contributed by atoms with van der Waals surface area (Å²) in [5.41, 5.74) is 2.30. The summed E-state index contributed by atoms with van der Waals surface area (Å²) in [6.45, 7) is 1.63. The van der Waals surface area contributed by atoms with Gasteiger partial charge in [-0.25, -0.2) is 9.37 Å². The molecule has 1 N–H and O–H groups in total. The molecule has 36 heavy (non-hydrogen) atoms. The molecule has 1 aliphatic rings. The summed E-state index contributed by atoms with van der Waals surface area (Å²) in [5.74, 6) is 1.56. The Balaban J connectivity index is 1.27. The summed E-state index contributed by atoms with van der Waals surface area (Å²) in [4.78, 5) is 23.7. The number of hydrogen-bond acceptors (Lipinski definition) is 8. The minimum atomic E-state index is -0.360. The number of anilines is 1. The number of nitrogens with zero attached hydrogens (tertiary/aromatic N) is 4. The van der Waals surface area contributed by atoms with E-state index in [0.29, 0.717) is 72.1 Å². The summed E-state index contributed by atoms with van der Waals surface area (Å²) in [6.07, 6.45) is 2.76. The smallest absolute Gasteiger partial charge is 0.263 e. The summed E-state index contributed by atoms with van der Waals surface area (Å²) in [7, 11) is 3.19. The van der Waals surface area contributed by atoms with Crippen molar-refractivity contribution in [3.8, 4) is 22.8 Å². The Bertz CT molecular complexity index is 1380. The largest absolute Gasteiger partial charge is 0.497 e. The third-order valence-corrected chi connectivity index (χ3v) is 6.46. The number of halogens is 1. The topological polar surface area (TPSA) is 103 Å². The highest BCUT2D eigenvalue weighted by Gasteiger charge is 2.28. The number of nitrogens with one attached hydrogen (secondary N) is 1. The van der Waals surface area contributed by atoms with Gasteiger partial charge in [0.25, 0.3) is 5.71 Å². The highest BCUT2D eigenvalue weighted by atomic mass is 19.1. The van der Waals surface area contributed by atoms with Gasteiger partial charge < -0.3 is 24.2 Å². The zero-order valence-electron chi connectivity index (χ0n) is 20.0. The third kappa shape index (κ3) is 4.66. The van der Waals surface area contributed by atoms with Crippen LogP contribution in [0.3, 0.4) is 0 Å². The second kappa shape index (κ2) is 10.2. The van der Waals surface area contributed by atoms with Crippen LogP contribution in [0.1, 0.15) is 18.4 Å². The van der Waals surface area contributed by atoms with E-state index in [1.807, 2.05) is 12.1 Å². The molecule has 0 bridgehead atoms. The Morgan fingerprint density at radius 1 is 1.14 bits per heavy atom. The van der Waals surface area contributed by atoms with Crippen LogP contribution < -0.4 is 19.7 Å². The molecular weight excluding hydrogens is 465 g/mol. The number of rotatable bonds is 7. The fourth-order valence-electron chi connectivity index (χ4n) is 4.52. The SMILES string of the molecule is COc1ccc(CNC(=O)C2CCN(c3ncnc4onc(-c5cccc(F)c5)c34)CC2)c(OC)c1. The Morgan fingerprint density at radius 2 is 1.97 bits per heavy atom. The number of benzene rings is 2. The lowest BCUT2D eigenvalue weighted by molar-refractivity contribution is -0.125. The Hall–Kier alpha value is -4.21. The van der Waals surface area contributed by atoms with E-state index < -0.39 is 0 Å². The van der Waals surface area contributed by atoms with Crippen LogP contribution in [0.5, 0.6) is 11.5 Å². The van der Waals surface area contributed by atoms with Crippen molar-refractivity contribution in [3.63, 3.8) is 0 Å². The second-order valence-corrected chi connectivity index (χ2v) is 8.58. The van der Waals surface area contributed by atoms with Crippen LogP contribution >= 0.6 is 0 Å². The van der Waals surface area contributed by atoms with Gasteiger partial charge in [0, 0.05) is 42.7 Å². The number of carbonyl (C=O) groups excluding carboxylic acids is 1. The average molecular weight is 492 g/mol. The number of carbonyl (C=O) groups is 1. The number of piperidine rings is 1. The number of aromatic nitrogens is 3. The van der Waals surface area contributed by atoms with E-state index in [2.05, 4.69) is 25.3 Å². The summed E-state index contributed by atoms with van der Waals surface area (Å²) in [5, 5.41) is 7.80. The van der Waals surface area contributed by atoms with Gasteiger partial charge >= 0.3 is 0 Å². The van der Waals surface area contributed by atoms with E-state index in [1.54, 1.807) is 32.4 Å². The van der Waals surface area contributed by atoms with Gasteiger partial charge in [0.1, 0.15) is 40.5 Å². The van der Waals surface area contributed by atoms with Crippen LogP contribution in [0.2, 0.25) is 0 Å². The average Bonchev–Trinajstić information content (AvgIpc) is 3.36. The van der Waals surface area contributed by atoms with Crippen LogP contribution in [0.4, 0.5) is 10.2 Å². The fraction of sp³-hybridized carbons (Fsp3) is 0.308. The Morgan fingerprint density at radius 3 is 2.72 bits per heavy atom. The molecule has 0 aliphatic carbocycles. The molecule has 4 aromatic rings. The molecule has 0 spiro atoms. The maximum atomic E-state index is 13.8. The van der Waals surface area contributed by atoms with Crippen molar-refractivity contribution in [3.05, 3.63) is 60.2 Å². The summed E-state index contributed by atoms with van der Waals surface area (Å²) in [6, 6.07) is 11.7. The summed E-state index contributed by atoms with van der Waals surface area (Å²) >= 11 is 0. The van der Waals surface area contributed by atoms with Crippen molar-refractivity contribution in [2.45, 2.75) is 19.4 Å². The van der Waals surface area contributed by atoms with Gasteiger partial charge in [0.2, 0.25) is 5.91 Å². The first-order valence-corrected chi connectivity index (χ1v) is 11.7. The van der Waals surface area contributed by atoms with Crippen molar-refractivity contribution < 1.29 is 23.2 Å². The number of ether oxygens (including phenoxy) is 2. The van der Waals surface area contributed by atoms with Crippen LogP contribution in [0.15, 0.2) is 53.3 Å². The fourth-order valence-corrected chi connectivity index (χ4v) is 4.52. The molecule has 0 radical (unpaired) electrons. The van der Waals surface area contributed by atoms with Crippen molar-refractivity contribution in [2.24, 2.45) is 5.92 Å². The van der Waals surface area contributed by atoms with E-state index in [4.69, 9.17) is 14.0 Å². The zero-order chi connectivity index (χ0) is 25.1. The molecule has 0 unspecified atom stereocenters. The van der Waals surface area contributed by atoms with Gasteiger partial charge in [0.05, 0.1) is 14.2 Å². The number of methoxy groups -OCH3 is 2. The highest BCUT2D eigenvalue weighted by molar-refractivity contribution is 5.98. The number of fused-ring (bicyclic) bond motifs is 1. The molecule has 1 aliphatic heterocycles. The molecule has 0 saturated carbocycles. The predicted molar refractivity (Wildman–Crippen MR) is 131 cm³/mol. The third-order valence-electron chi connectivity index (χ3n) is 6.46. The van der Waals surface area contributed by atoms with Gasteiger partial charge in [-0.15, -0.1) is 0 Å². The van der Waals surface area contributed by atoms with Gasteiger partial charge in [-0.05, 0) is 37.1 Å². The first-order valence-electron chi connectivity index (χ1n) is 11.7. The highest BCUT2D eigenvalue weighted by Crippen LogP contribution is 2.35. The van der Waals surface area contributed by atoms with Crippen LogP contribution in [0.25, 0.3) is 22.4 Å². The maximum absolute atomic E-state index is 13.8. The van der Waals surface area contributed by atoms with E-state index in [1.165, 1.54) is 18.5 Å². The molecule has 186 valence electrons. The molecule has 1 saturated heterocycles. The van der Waals surface area contributed by atoms with E-state index in [-0.39, 0.29) is 17.6 Å². The minimum Gasteiger partial charge on any atom is -0.497 e. The summed E-state index contributed by atoms with van der Waals surface area (Å²) < 4.78 is 29.9. The molecule has 0 atom stereocenters. The minimum absolute atomic E-state index is 0.00535. The van der Waals surface area contributed by atoms with Gasteiger partial charge in [-0.1, -0.05) is 17.3 Å². The molecule has 3 heterocycles. The second-order valence-electron chi connectivity index (χ2n) is 8.58. The van der Waals surface area contributed by atoms with Crippen LogP contribution in [0, 0.1) is 11.7 Å². The molecule has 1 amide bonds. The van der Waals surface area contributed by atoms with Gasteiger partial charge in [0.15, 0.2) is 0 Å². The lowest BCUT2D eigenvalue weighted by atomic mass is 9.95. The number of amides is 1. The normalized spacial score (nSPS) is 14.1. The first kappa shape index (κ1) is 23.5. The van der Waals surface area contributed by atoms with E-state index in [9.17, 15) is 9.18 Å². The first-order chi connectivity index (χ1) is 17.6. The molecular formula is C26H26FN5O4. The number of hydrogen-bond donors (Lipinski definition) is 1. The Labute approximate surface area is 207 Å². The molecule has 1 fully saturated rings. The molecule has 9 nitrogen and oxygen atoms in total. The lowest BCUT2D eigenvalue weighted by Crippen LogP contribution is -2.40. The predicted octanol–water partition coefficient (Wildman–Crippen LogP) is 3.97. The van der Waals surface area contributed by atoms with Crippen LogP contribution in [-0.2, 0) is 11.3 Å². The maximum Gasteiger partial charge on any atom is 0.263 e. The standard InChI is InChI=1S/C26H26FN5O4/c1-34-20-7-6-18(21(13-20)35-2)14-28-25(33)16-8-10-32(11-9-16)24-22-23(17-4-3-5-19(27)12-17)31-36-26(22)30-15-29-24/h3-7,12-13,15-16H,8-11,14H2,1-2H3,(H,28,33). The van der Waals surface area contributed by atoms with Crippen molar-refractivity contribution in [2.75, 3.05) is 32.2 Å². The quantitative estimate of drug-likeness (QED) is 0.414. The van der Waals surface area contributed by atoms with E-state index >= 15 is 0 Å². The molecule has 2 aromatic carbocycles. The zero-order valence-corrected chi connectivity index (χ0v) is 20.0. The van der Waals surface area contributed by atoms with Crippen LogP contribution in [-0.4, -0.2) is 48.3 Å².